The van der Waals surface area contributed by atoms with Crippen LogP contribution in [0, 0.1) is 6.92 Å². The van der Waals surface area contributed by atoms with Gasteiger partial charge in [0.2, 0.25) is 0 Å². The molecular formula is C16H20BrN3. The Morgan fingerprint density at radius 2 is 1.95 bits per heavy atom. The molecule has 0 saturated carbocycles. The molecular weight excluding hydrogens is 314 g/mol. The van der Waals surface area contributed by atoms with Crippen LogP contribution in [-0.4, -0.2) is 17.0 Å². The molecule has 0 bridgehead atoms. The van der Waals surface area contributed by atoms with Crippen molar-refractivity contribution in [1.82, 2.24) is 9.97 Å². The highest BCUT2D eigenvalue weighted by molar-refractivity contribution is 9.10. The number of nitrogens with zero attached hydrogens (tertiary/aromatic N) is 3. The van der Waals surface area contributed by atoms with E-state index in [1.165, 1.54) is 11.1 Å². The molecule has 1 aromatic heterocycles. The number of hydrogen-bond acceptors (Lipinski definition) is 3. The highest BCUT2D eigenvalue weighted by Crippen LogP contribution is 2.21. The summed E-state index contributed by atoms with van der Waals surface area (Å²) >= 11 is 3.47. The second kappa shape index (κ2) is 6.35. The molecule has 2 rings (SSSR count). The van der Waals surface area contributed by atoms with Gasteiger partial charge in [0.1, 0.15) is 16.2 Å². The number of aromatic nitrogens is 2. The van der Waals surface area contributed by atoms with Crippen LogP contribution in [0.15, 0.2) is 34.9 Å². The van der Waals surface area contributed by atoms with E-state index in [0.29, 0.717) is 5.92 Å². The first-order chi connectivity index (χ1) is 9.45. The van der Waals surface area contributed by atoms with Crippen LogP contribution in [0.3, 0.4) is 0 Å². The zero-order valence-electron chi connectivity index (χ0n) is 12.4. The Bertz CT molecular complexity index is 596. The van der Waals surface area contributed by atoms with Crippen molar-refractivity contribution in [2.75, 3.05) is 11.9 Å². The average Bonchev–Trinajstić information content (AvgIpc) is 2.37. The van der Waals surface area contributed by atoms with Gasteiger partial charge >= 0.3 is 0 Å². The average molecular weight is 334 g/mol. The largest absolute Gasteiger partial charge is 0.355 e. The van der Waals surface area contributed by atoms with Gasteiger partial charge in [-0.25, -0.2) is 9.97 Å². The van der Waals surface area contributed by atoms with Crippen LogP contribution in [0.4, 0.5) is 5.82 Å². The standard InChI is InChI=1S/C16H20BrN3/c1-11(2)16-18-14(17)9-15(19-16)20(4)10-13-7-5-6-12(3)8-13/h5-9,11H,10H2,1-4H3. The minimum atomic E-state index is 0.318. The van der Waals surface area contributed by atoms with Gasteiger partial charge in [-0.1, -0.05) is 43.7 Å². The molecule has 2 aromatic rings. The fourth-order valence-electron chi connectivity index (χ4n) is 2.04. The summed E-state index contributed by atoms with van der Waals surface area (Å²) in [5, 5.41) is 0. The van der Waals surface area contributed by atoms with E-state index in [-0.39, 0.29) is 0 Å². The lowest BCUT2D eigenvalue weighted by molar-refractivity contribution is 0.757. The number of aryl methyl sites for hydroxylation is 1. The summed E-state index contributed by atoms with van der Waals surface area (Å²) in [4.78, 5) is 11.2. The fraction of sp³-hybridized carbons (Fsp3) is 0.375. The van der Waals surface area contributed by atoms with Crippen LogP contribution in [0.1, 0.15) is 36.7 Å². The van der Waals surface area contributed by atoms with Crippen LogP contribution in [0.25, 0.3) is 0 Å². The molecule has 4 heteroatoms. The van der Waals surface area contributed by atoms with E-state index in [0.717, 1.165) is 22.8 Å². The molecule has 0 amide bonds. The molecule has 0 fully saturated rings. The highest BCUT2D eigenvalue weighted by atomic mass is 79.9. The third kappa shape index (κ3) is 3.79. The topological polar surface area (TPSA) is 29.0 Å². The summed E-state index contributed by atoms with van der Waals surface area (Å²) in [7, 11) is 2.06. The van der Waals surface area contributed by atoms with E-state index in [1.807, 2.05) is 6.07 Å². The van der Waals surface area contributed by atoms with Crippen LogP contribution < -0.4 is 4.90 Å². The molecule has 20 heavy (non-hydrogen) atoms. The van der Waals surface area contributed by atoms with Gasteiger partial charge in [0.15, 0.2) is 0 Å². The maximum absolute atomic E-state index is 4.64. The van der Waals surface area contributed by atoms with E-state index in [1.54, 1.807) is 0 Å². The lowest BCUT2D eigenvalue weighted by Gasteiger charge is -2.20. The second-order valence-corrected chi connectivity index (χ2v) is 6.22. The van der Waals surface area contributed by atoms with E-state index in [2.05, 4.69) is 82.9 Å². The molecule has 0 atom stereocenters. The van der Waals surface area contributed by atoms with Gasteiger partial charge in [-0.2, -0.15) is 0 Å². The van der Waals surface area contributed by atoms with Gasteiger partial charge in [-0.05, 0) is 28.4 Å². The van der Waals surface area contributed by atoms with Crippen molar-refractivity contribution in [2.24, 2.45) is 0 Å². The van der Waals surface area contributed by atoms with Gasteiger partial charge in [-0.15, -0.1) is 0 Å². The molecule has 0 aliphatic carbocycles. The van der Waals surface area contributed by atoms with Crippen LogP contribution in [0.5, 0.6) is 0 Å². The first kappa shape index (κ1) is 15.0. The lowest BCUT2D eigenvalue weighted by atomic mass is 10.1. The normalized spacial score (nSPS) is 10.9. The molecule has 0 saturated heterocycles. The Balaban J connectivity index is 2.22. The molecule has 0 aliphatic rings. The fourth-order valence-corrected chi connectivity index (χ4v) is 2.43. The first-order valence-electron chi connectivity index (χ1n) is 6.77. The quantitative estimate of drug-likeness (QED) is 0.781. The highest BCUT2D eigenvalue weighted by Gasteiger charge is 2.10. The van der Waals surface area contributed by atoms with Crippen LogP contribution in [0.2, 0.25) is 0 Å². The summed E-state index contributed by atoms with van der Waals surface area (Å²) in [6, 6.07) is 10.5. The summed E-state index contributed by atoms with van der Waals surface area (Å²) in [6.45, 7) is 7.16. The van der Waals surface area contributed by atoms with E-state index >= 15 is 0 Å². The summed E-state index contributed by atoms with van der Waals surface area (Å²) in [5.41, 5.74) is 2.57. The third-order valence-corrected chi connectivity index (χ3v) is 3.51. The number of hydrogen-bond donors (Lipinski definition) is 0. The number of halogens is 1. The monoisotopic (exact) mass is 333 g/mol. The van der Waals surface area contributed by atoms with Crippen LogP contribution >= 0.6 is 15.9 Å². The molecule has 1 aromatic carbocycles. The summed E-state index contributed by atoms with van der Waals surface area (Å²) < 4.78 is 0.835. The van der Waals surface area contributed by atoms with Crippen molar-refractivity contribution in [1.29, 1.82) is 0 Å². The van der Waals surface area contributed by atoms with Gasteiger partial charge in [0.05, 0.1) is 0 Å². The molecule has 3 nitrogen and oxygen atoms in total. The zero-order valence-corrected chi connectivity index (χ0v) is 14.0. The molecule has 106 valence electrons. The predicted molar refractivity (Wildman–Crippen MR) is 87.1 cm³/mol. The van der Waals surface area contributed by atoms with Gasteiger partial charge in [0, 0.05) is 25.6 Å². The predicted octanol–water partition coefficient (Wildman–Crippen LogP) is 4.31. The van der Waals surface area contributed by atoms with Crippen molar-refractivity contribution in [3.63, 3.8) is 0 Å². The Morgan fingerprint density at radius 3 is 2.60 bits per heavy atom. The van der Waals surface area contributed by atoms with E-state index in [9.17, 15) is 0 Å². The third-order valence-electron chi connectivity index (χ3n) is 3.11. The number of rotatable bonds is 4. The van der Waals surface area contributed by atoms with Crippen LogP contribution in [-0.2, 0) is 6.54 Å². The SMILES string of the molecule is Cc1cccc(CN(C)c2cc(Br)nc(C(C)C)n2)c1. The van der Waals surface area contributed by atoms with Crippen molar-refractivity contribution >= 4 is 21.7 Å². The van der Waals surface area contributed by atoms with Crippen molar-refractivity contribution in [3.05, 3.63) is 51.9 Å². The van der Waals surface area contributed by atoms with E-state index in [4.69, 9.17) is 0 Å². The van der Waals surface area contributed by atoms with Crippen molar-refractivity contribution in [3.8, 4) is 0 Å². The molecule has 0 spiro atoms. The van der Waals surface area contributed by atoms with E-state index < -0.39 is 0 Å². The Kier molecular flexibility index (Phi) is 4.76. The number of benzene rings is 1. The Labute approximate surface area is 129 Å². The van der Waals surface area contributed by atoms with Crippen molar-refractivity contribution < 1.29 is 0 Å². The zero-order chi connectivity index (χ0) is 14.7. The molecule has 0 N–H and O–H groups in total. The molecule has 0 aliphatic heterocycles. The molecule has 0 radical (unpaired) electrons. The smallest absolute Gasteiger partial charge is 0.134 e. The second-order valence-electron chi connectivity index (χ2n) is 5.41. The Hall–Kier alpha value is -1.42. The maximum Gasteiger partial charge on any atom is 0.134 e. The first-order valence-corrected chi connectivity index (χ1v) is 7.56. The molecule has 0 unspecified atom stereocenters. The Morgan fingerprint density at radius 1 is 1.20 bits per heavy atom. The minimum absolute atomic E-state index is 0.318. The summed E-state index contributed by atoms with van der Waals surface area (Å²) in [5.74, 6) is 2.13. The number of anilines is 1. The summed E-state index contributed by atoms with van der Waals surface area (Å²) in [6.07, 6.45) is 0. The lowest BCUT2D eigenvalue weighted by Crippen LogP contribution is -2.19. The van der Waals surface area contributed by atoms with Gasteiger partial charge in [-0.3, -0.25) is 0 Å². The maximum atomic E-state index is 4.64. The molecule has 1 heterocycles. The minimum Gasteiger partial charge on any atom is -0.355 e. The van der Waals surface area contributed by atoms with Gasteiger partial charge < -0.3 is 4.90 Å². The van der Waals surface area contributed by atoms with Crippen molar-refractivity contribution in [2.45, 2.75) is 33.2 Å². The van der Waals surface area contributed by atoms with Gasteiger partial charge in [0.25, 0.3) is 0 Å².